The number of likely N-dealkylation sites (tertiary alicyclic amines) is 1. The first kappa shape index (κ1) is 14.4. The molecule has 1 aliphatic carbocycles. The average molecular weight is 287 g/mol. The van der Waals surface area contributed by atoms with Crippen molar-refractivity contribution in [1.82, 2.24) is 10.2 Å². The van der Waals surface area contributed by atoms with Gasteiger partial charge in [0.2, 0.25) is 5.91 Å². The highest BCUT2D eigenvalue weighted by Gasteiger charge is 2.31. The fraction of sp³-hybridized carbons (Fsp3) is 0.588. The molecule has 0 atom stereocenters. The van der Waals surface area contributed by atoms with E-state index in [0.29, 0.717) is 12.5 Å². The number of rotatable bonds is 5. The maximum absolute atomic E-state index is 12.1. The molecule has 0 spiro atoms. The minimum Gasteiger partial charge on any atom is -0.399 e. The predicted molar refractivity (Wildman–Crippen MR) is 84.9 cm³/mol. The molecule has 0 unspecified atom stereocenters. The van der Waals surface area contributed by atoms with Gasteiger partial charge < -0.3 is 16.0 Å². The van der Waals surface area contributed by atoms with Gasteiger partial charge in [-0.1, -0.05) is 18.2 Å². The number of carbonyl (C=O) groups is 1. The van der Waals surface area contributed by atoms with E-state index in [4.69, 9.17) is 5.73 Å². The fourth-order valence-corrected chi connectivity index (χ4v) is 3.16. The van der Waals surface area contributed by atoms with Gasteiger partial charge in [-0.05, 0) is 43.7 Å². The normalized spacial score (nSPS) is 20.4. The van der Waals surface area contributed by atoms with E-state index < -0.39 is 0 Å². The van der Waals surface area contributed by atoms with Gasteiger partial charge in [0.1, 0.15) is 0 Å². The van der Waals surface area contributed by atoms with Crippen LogP contribution in [-0.2, 0) is 11.2 Å². The van der Waals surface area contributed by atoms with Crippen molar-refractivity contribution in [3.63, 3.8) is 0 Å². The Morgan fingerprint density at radius 3 is 2.57 bits per heavy atom. The van der Waals surface area contributed by atoms with Crippen LogP contribution in [-0.4, -0.2) is 36.0 Å². The van der Waals surface area contributed by atoms with Gasteiger partial charge >= 0.3 is 0 Å². The summed E-state index contributed by atoms with van der Waals surface area (Å²) in [5, 5.41) is 3.18. The number of hydrogen-bond acceptors (Lipinski definition) is 3. The van der Waals surface area contributed by atoms with Crippen LogP contribution in [0.2, 0.25) is 0 Å². The van der Waals surface area contributed by atoms with E-state index >= 15 is 0 Å². The second kappa shape index (κ2) is 6.48. The van der Waals surface area contributed by atoms with Gasteiger partial charge in [-0.3, -0.25) is 4.79 Å². The largest absolute Gasteiger partial charge is 0.399 e. The molecule has 1 saturated heterocycles. The van der Waals surface area contributed by atoms with Crippen molar-refractivity contribution in [2.75, 3.05) is 18.8 Å². The van der Waals surface area contributed by atoms with E-state index in [-0.39, 0.29) is 5.91 Å². The quantitative estimate of drug-likeness (QED) is 0.814. The molecule has 1 aromatic rings. The lowest BCUT2D eigenvalue weighted by atomic mass is 10.0. The van der Waals surface area contributed by atoms with E-state index in [2.05, 4.69) is 10.2 Å². The maximum Gasteiger partial charge on any atom is 0.220 e. The van der Waals surface area contributed by atoms with Gasteiger partial charge in [0.15, 0.2) is 0 Å². The van der Waals surface area contributed by atoms with Gasteiger partial charge in [-0.2, -0.15) is 0 Å². The number of carbonyl (C=O) groups excluding carboxylic acids is 1. The summed E-state index contributed by atoms with van der Waals surface area (Å²) in [6, 6.07) is 8.99. The van der Waals surface area contributed by atoms with E-state index in [1.807, 2.05) is 24.3 Å². The van der Waals surface area contributed by atoms with Gasteiger partial charge in [0.25, 0.3) is 0 Å². The maximum atomic E-state index is 12.1. The predicted octanol–water partition coefficient (Wildman–Crippen LogP) is 1.94. The summed E-state index contributed by atoms with van der Waals surface area (Å²) in [6.45, 7) is 2.28. The Morgan fingerprint density at radius 1 is 1.19 bits per heavy atom. The lowest BCUT2D eigenvalue weighted by Crippen LogP contribution is -2.45. The van der Waals surface area contributed by atoms with Crippen LogP contribution < -0.4 is 11.1 Å². The van der Waals surface area contributed by atoms with Crippen molar-refractivity contribution in [2.24, 2.45) is 0 Å². The molecular formula is C17H25N3O. The van der Waals surface area contributed by atoms with Gasteiger partial charge in [-0.25, -0.2) is 0 Å². The molecule has 1 amide bonds. The van der Waals surface area contributed by atoms with Crippen LogP contribution in [0.15, 0.2) is 24.3 Å². The van der Waals surface area contributed by atoms with Crippen LogP contribution in [0, 0.1) is 0 Å². The Labute approximate surface area is 126 Å². The Kier molecular flexibility index (Phi) is 4.44. The molecule has 4 heteroatoms. The van der Waals surface area contributed by atoms with Crippen LogP contribution in [0.1, 0.15) is 37.7 Å². The summed E-state index contributed by atoms with van der Waals surface area (Å²) in [7, 11) is 0. The van der Waals surface area contributed by atoms with E-state index in [1.165, 1.54) is 12.8 Å². The third-order valence-corrected chi connectivity index (χ3v) is 4.63. The fourth-order valence-electron chi connectivity index (χ4n) is 3.16. The molecule has 2 aliphatic rings. The molecule has 21 heavy (non-hydrogen) atoms. The van der Waals surface area contributed by atoms with Crippen LogP contribution in [0.5, 0.6) is 0 Å². The van der Waals surface area contributed by atoms with Crippen LogP contribution in [0.3, 0.4) is 0 Å². The molecule has 3 rings (SSSR count). The molecule has 3 N–H and O–H groups in total. The highest BCUT2D eigenvalue weighted by molar-refractivity contribution is 5.76. The molecule has 1 heterocycles. The first-order chi connectivity index (χ1) is 10.2. The number of para-hydroxylation sites is 1. The Hall–Kier alpha value is -1.55. The molecule has 114 valence electrons. The second-order valence-electron chi connectivity index (χ2n) is 6.31. The van der Waals surface area contributed by atoms with Crippen molar-refractivity contribution in [1.29, 1.82) is 0 Å². The summed E-state index contributed by atoms with van der Waals surface area (Å²) < 4.78 is 0. The SMILES string of the molecule is Nc1ccccc1CCC(=O)NC1CCN(C2CC2)CC1. The minimum atomic E-state index is 0.156. The Balaban J connectivity index is 1.39. The van der Waals surface area contributed by atoms with E-state index in [0.717, 1.165) is 49.6 Å². The Morgan fingerprint density at radius 2 is 1.90 bits per heavy atom. The first-order valence-electron chi connectivity index (χ1n) is 8.09. The van der Waals surface area contributed by atoms with Gasteiger partial charge in [0, 0.05) is 37.3 Å². The zero-order valence-electron chi connectivity index (χ0n) is 12.6. The number of nitrogens with two attached hydrogens (primary N) is 1. The van der Waals surface area contributed by atoms with Gasteiger partial charge in [0.05, 0.1) is 0 Å². The van der Waals surface area contributed by atoms with Crippen LogP contribution in [0.25, 0.3) is 0 Å². The molecule has 2 fully saturated rings. The minimum absolute atomic E-state index is 0.156. The molecule has 4 nitrogen and oxygen atoms in total. The first-order valence-corrected chi connectivity index (χ1v) is 8.09. The molecule has 1 aliphatic heterocycles. The summed E-state index contributed by atoms with van der Waals surface area (Å²) in [6.07, 6.45) is 6.17. The Bertz CT molecular complexity index is 491. The van der Waals surface area contributed by atoms with Crippen molar-refractivity contribution in [2.45, 2.75) is 50.6 Å². The summed E-state index contributed by atoms with van der Waals surface area (Å²) >= 11 is 0. The zero-order chi connectivity index (χ0) is 14.7. The molecule has 0 radical (unpaired) electrons. The van der Waals surface area contributed by atoms with Crippen molar-refractivity contribution >= 4 is 11.6 Å². The number of amides is 1. The summed E-state index contributed by atoms with van der Waals surface area (Å²) in [5.41, 5.74) is 7.75. The number of benzene rings is 1. The van der Waals surface area contributed by atoms with E-state index in [1.54, 1.807) is 0 Å². The third kappa shape index (κ3) is 3.97. The second-order valence-corrected chi connectivity index (χ2v) is 6.31. The molecule has 1 aromatic carbocycles. The topological polar surface area (TPSA) is 58.4 Å². The average Bonchev–Trinajstić information content (AvgIpc) is 3.32. The van der Waals surface area contributed by atoms with Crippen molar-refractivity contribution in [3.05, 3.63) is 29.8 Å². The number of piperidine rings is 1. The molecular weight excluding hydrogens is 262 g/mol. The standard InChI is InChI=1S/C17H25N3O/c18-16-4-2-1-3-13(16)5-8-17(21)19-14-9-11-20(12-10-14)15-6-7-15/h1-4,14-15H,5-12,18H2,(H,19,21). The van der Waals surface area contributed by atoms with Crippen LogP contribution >= 0.6 is 0 Å². The molecule has 0 aromatic heterocycles. The summed E-state index contributed by atoms with van der Waals surface area (Å²) in [5.74, 6) is 0.156. The van der Waals surface area contributed by atoms with E-state index in [9.17, 15) is 4.79 Å². The number of nitrogens with one attached hydrogen (secondary N) is 1. The highest BCUT2D eigenvalue weighted by atomic mass is 16.1. The molecule has 0 bridgehead atoms. The smallest absolute Gasteiger partial charge is 0.220 e. The summed E-state index contributed by atoms with van der Waals surface area (Å²) in [4.78, 5) is 14.6. The third-order valence-electron chi connectivity index (χ3n) is 4.63. The van der Waals surface area contributed by atoms with Crippen LogP contribution in [0.4, 0.5) is 5.69 Å². The number of nitrogen functional groups attached to an aromatic ring is 1. The van der Waals surface area contributed by atoms with Crippen molar-refractivity contribution < 1.29 is 4.79 Å². The number of aryl methyl sites for hydroxylation is 1. The lowest BCUT2D eigenvalue weighted by molar-refractivity contribution is -0.122. The van der Waals surface area contributed by atoms with Gasteiger partial charge in [-0.15, -0.1) is 0 Å². The lowest BCUT2D eigenvalue weighted by Gasteiger charge is -2.32. The van der Waals surface area contributed by atoms with Crippen molar-refractivity contribution in [3.8, 4) is 0 Å². The number of hydrogen-bond donors (Lipinski definition) is 2. The number of nitrogens with zero attached hydrogens (tertiary/aromatic N) is 1. The zero-order valence-corrected chi connectivity index (χ0v) is 12.6. The monoisotopic (exact) mass is 287 g/mol. The number of anilines is 1. The highest BCUT2D eigenvalue weighted by Crippen LogP contribution is 2.29. The molecule has 1 saturated carbocycles.